The molecular formula is C12H16N2O3. The quantitative estimate of drug-likeness (QED) is 0.625. The third-order valence-electron chi connectivity index (χ3n) is 2.25. The molecule has 1 amide bonds. The van der Waals surface area contributed by atoms with E-state index in [1.165, 1.54) is 11.8 Å². The predicted molar refractivity (Wildman–Crippen MR) is 64.4 cm³/mol. The molecule has 2 N–H and O–H groups in total. The Balaban J connectivity index is 2.74. The number of carbonyl (C=O) groups excluding carboxylic acids is 2. The lowest BCUT2D eigenvalue weighted by molar-refractivity contribution is -0.137. The Bertz CT molecular complexity index is 430. The van der Waals surface area contributed by atoms with Crippen LogP contribution in [0, 0.1) is 0 Å². The number of para-hydroxylation sites is 1. The molecule has 5 nitrogen and oxygen atoms in total. The van der Waals surface area contributed by atoms with Crippen LogP contribution in [0.3, 0.4) is 0 Å². The zero-order chi connectivity index (χ0) is 13.0. The fourth-order valence-corrected chi connectivity index (χ4v) is 1.32. The van der Waals surface area contributed by atoms with Gasteiger partial charge in [-0.15, -0.1) is 0 Å². The van der Waals surface area contributed by atoms with Crippen LogP contribution in [0.4, 0.5) is 5.69 Å². The highest BCUT2D eigenvalue weighted by Gasteiger charge is 2.21. The fraction of sp³-hybridized carbons (Fsp3) is 0.333. The topological polar surface area (TPSA) is 72.6 Å². The maximum atomic E-state index is 11.7. The molecule has 1 aromatic rings. The van der Waals surface area contributed by atoms with Gasteiger partial charge in [0.1, 0.15) is 0 Å². The van der Waals surface area contributed by atoms with Crippen molar-refractivity contribution in [3.63, 3.8) is 0 Å². The van der Waals surface area contributed by atoms with E-state index in [1.807, 2.05) is 0 Å². The number of amides is 1. The summed E-state index contributed by atoms with van der Waals surface area (Å²) in [7, 11) is 3.20. The number of benzene rings is 1. The Morgan fingerprint density at radius 1 is 1.29 bits per heavy atom. The first-order chi connectivity index (χ1) is 7.93. The number of nitrogens with zero attached hydrogens (tertiary/aromatic N) is 1. The molecule has 92 valence electrons. The summed E-state index contributed by atoms with van der Waals surface area (Å²) in [5, 5.41) is 0. The minimum atomic E-state index is -0.822. The highest BCUT2D eigenvalue weighted by atomic mass is 16.5. The number of likely N-dealkylation sites (N-methyl/N-ethyl adjacent to an activating group) is 1. The van der Waals surface area contributed by atoms with Crippen molar-refractivity contribution in [3.8, 4) is 0 Å². The van der Waals surface area contributed by atoms with Gasteiger partial charge in [0.05, 0.1) is 5.56 Å². The molecule has 0 radical (unpaired) electrons. The van der Waals surface area contributed by atoms with E-state index in [9.17, 15) is 9.59 Å². The second-order valence-corrected chi connectivity index (χ2v) is 3.87. The van der Waals surface area contributed by atoms with Gasteiger partial charge in [0.2, 0.25) is 0 Å². The summed E-state index contributed by atoms with van der Waals surface area (Å²) in [5.41, 5.74) is 6.24. The standard InChI is InChI=1S/C12H16N2O3/c1-8(11(15)14(2)3)17-12(16)9-6-4-5-7-10(9)13/h4-8H,13H2,1-3H3. The molecule has 0 spiro atoms. The largest absolute Gasteiger partial charge is 0.449 e. The Morgan fingerprint density at radius 3 is 2.41 bits per heavy atom. The SMILES string of the molecule is CC(OC(=O)c1ccccc1N)C(=O)N(C)C. The van der Waals surface area contributed by atoms with E-state index in [4.69, 9.17) is 10.5 Å². The molecule has 0 fully saturated rings. The summed E-state index contributed by atoms with van der Waals surface area (Å²) in [6.45, 7) is 1.53. The van der Waals surface area contributed by atoms with Crippen LogP contribution < -0.4 is 5.73 Å². The summed E-state index contributed by atoms with van der Waals surface area (Å²) < 4.78 is 5.03. The summed E-state index contributed by atoms with van der Waals surface area (Å²) in [5.74, 6) is -0.862. The first-order valence-electron chi connectivity index (χ1n) is 5.20. The van der Waals surface area contributed by atoms with Crippen molar-refractivity contribution in [1.82, 2.24) is 4.90 Å². The van der Waals surface area contributed by atoms with Gasteiger partial charge in [-0.3, -0.25) is 4.79 Å². The van der Waals surface area contributed by atoms with Crippen LogP contribution in [0.15, 0.2) is 24.3 Å². The van der Waals surface area contributed by atoms with Crippen molar-refractivity contribution in [1.29, 1.82) is 0 Å². The Hall–Kier alpha value is -2.04. The molecule has 1 rings (SSSR count). The highest BCUT2D eigenvalue weighted by Crippen LogP contribution is 2.13. The number of rotatable bonds is 3. The molecule has 5 heteroatoms. The van der Waals surface area contributed by atoms with Crippen LogP contribution >= 0.6 is 0 Å². The van der Waals surface area contributed by atoms with Gasteiger partial charge in [0.15, 0.2) is 6.10 Å². The molecule has 0 heterocycles. The van der Waals surface area contributed by atoms with Gasteiger partial charge in [0, 0.05) is 19.8 Å². The molecule has 0 aromatic heterocycles. The van der Waals surface area contributed by atoms with E-state index in [0.29, 0.717) is 5.69 Å². The van der Waals surface area contributed by atoms with Crippen molar-refractivity contribution in [2.24, 2.45) is 0 Å². The molecule has 0 aliphatic rings. The fourth-order valence-electron chi connectivity index (χ4n) is 1.32. The van der Waals surface area contributed by atoms with Crippen molar-refractivity contribution >= 4 is 17.6 Å². The average Bonchev–Trinajstić information content (AvgIpc) is 2.28. The Morgan fingerprint density at radius 2 is 1.88 bits per heavy atom. The Kier molecular flexibility index (Phi) is 4.09. The summed E-state index contributed by atoms with van der Waals surface area (Å²) in [6, 6.07) is 6.57. The first-order valence-corrected chi connectivity index (χ1v) is 5.20. The van der Waals surface area contributed by atoms with Gasteiger partial charge in [0.25, 0.3) is 5.91 Å². The highest BCUT2D eigenvalue weighted by molar-refractivity contribution is 5.96. The third kappa shape index (κ3) is 3.21. The number of anilines is 1. The minimum absolute atomic E-state index is 0.269. The number of hydrogen-bond donors (Lipinski definition) is 1. The van der Waals surface area contributed by atoms with Crippen LogP contribution in [0.25, 0.3) is 0 Å². The number of esters is 1. The molecule has 1 unspecified atom stereocenters. The maximum absolute atomic E-state index is 11.7. The van der Waals surface area contributed by atoms with E-state index < -0.39 is 12.1 Å². The van der Waals surface area contributed by atoms with E-state index in [2.05, 4.69) is 0 Å². The third-order valence-corrected chi connectivity index (χ3v) is 2.25. The lowest BCUT2D eigenvalue weighted by Crippen LogP contribution is -2.35. The van der Waals surface area contributed by atoms with Crippen molar-refractivity contribution < 1.29 is 14.3 Å². The van der Waals surface area contributed by atoms with E-state index in [-0.39, 0.29) is 11.5 Å². The van der Waals surface area contributed by atoms with Crippen molar-refractivity contribution in [2.75, 3.05) is 19.8 Å². The minimum Gasteiger partial charge on any atom is -0.449 e. The van der Waals surface area contributed by atoms with Gasteiger partial charge >= 0.3 is 5.97 Å². The van der Waals surface area contributed by atoms with E-state index in [1.54, 1.807) is 38.4 Å². The van der Waals surface area contributed by atoms with Gasteiger partial charge in [-0.05, 0) is 19.1 Å². The Labute approximate surface area is 100 Å². The van der Waals surface area contributed by atoms with Crippen molar-refractivity contribution in [2.45, 2.75) is 13.0 Å². The molecule has 17 heavy (non-hydrogen) atoms. The first kappa shape index (κ1) is 13.0. The average molecular weight is 236 g/mol. The maximum Gasteiger partial charge on any atom is 0.341 e. The van der Waals surface area contributed by atoms with Gasteiger partial charge < -0.3 is 15.4 Å². The predicted octanol–water partition coefficient (Wildman–Crippen LogP) is 0.902. The molecule has 1 atom stereocenters. The number of nitrogen functional groups attached to an aromatic ring is 1. The van der Waals surface area contributed by atoms with Crippen LogP contribution in [0.1, 0.15) is 17.3 Å². The molecule has 0 bridgehead atoms. The van der Waals surface area contributed by atoms with Crippen LogP contribution in [-0.2, 0) is 9.53 Å². The number of nitrogens with two attached hydrogens (primary N) is 1. The lowest BCUT2D eigenvalue weighted by Gasteiger charge is -2.17. The second-order valence-electron chi connectivity index (χ2n) is 3.87. The molecule has 0 aliphatic carbocycles. The number of carbonyl (C=O) groups is 2. The second kappa shape index (κ2) is 5.34. The van der Waals surface area contributed by atoms with E-state index in [0.717, 1.165) is 0 Å². The molecule has 0 saturated carbocycles. The summed E-state index contributed by atoms with van der Waals surface area (Å²) in [6.07, 6.45) is -0.822. The zero-order valence-electron chi connectivity index (χ0n) is 10.1. The molecule has 0 saturated heterocycles. The number of ether oxygens (including phenoxy) is 1. The lowest BCUT2D eigenvalue weighted by atomic mass is 10.2. The van der Waals surface area contributed by atoms with E-state index >= 15 is 0 Å². The summed E-state index contributed by atoms with van der Waals surface area (Å²) >= 11 is 0. The zero-order valence-corrected chi connectivity index (χ0v) is 10.1. The van der Waals surface area contributed by atoms with Gasteiger partial charge in [-0.1, -0.05) is 12.1 Å². The molecule has 0 aliphatic heterocycles. The van der Waals surface area contributed by atoms with Gasteiger partial charge in [-0.2, -0.15) is 0 Å². The van der Waals surface area contributed by atoms with Crippen LogP contribution in [-0.4, -0.2) is 37.0 Å². The summed E-state index contributed by atoms with van der Waals surface area (Å²) in [4.78, 5) is 24.6. The monoisotopic (exact) mass is 236 g/mol. The van der Waals surface area contributed by atoms with Crippen LogP contribution in [0.5, 0.6) is 0 Å². The van der Waals surface area contributed by atoms with Crippen LogP contribution in [0.2, 0.25) is 0 Å². The van der Waals surface area contributed by atoms with Gasteiger partial charge in [-0.25, -0.2) is 4.79 Å². The normalized spacial score (nSPS) is 11.7. The number of hydrogen-bond acceptors (Lipinski definition) is 4. The molecular weight excluding hydrogens is 220 g/mol. The molecule has 1 aromatic carbocycles. The van der Waals surface area contributed by atoms with Crippen molar-refractivity contribution in [3.05, 3.63) is 29.8 Å². The smallest absolute Gasteiger partial charge is 0.341 e.